The molecule has 0 spiro atoms. The van der Waals surface area contributed by atoms with Gasteiger partial charge in [-0.1, -0.05) is 78.4 Å². The van der Waals surface area contributed by atoms with Crippen LogP contribution in [-0.4, -0.2) is 38.1 Å². The van der Waals surface area contributed by atoms with Crippen LogP contribution in [0, 0.1) is 0 Å². The molecule has 0 N–H and O–H groups in total. The van der Waals surface area contributed by atoms with Crippen molar-refractivity contribution in [1.82, 2.24) is 4.90 Å². The molecule has 33 heavy (non-hydrogen) atoms. The van der Waals surface area contributed by atoms with E-state index in [-0.39, 0.29) is 5.91 Å². The Hall–Kier alpha value is -3.24. The van der Waals surface area contributed by atoms with E-state index in [4.69, 9.17) is 21.1 Å². The molecule has 172 valence electrons. The number of amides is 1. The fraction of sp³-hybridized carbons (Fsp3) is 0.250. The van der Waals surface area contributed by atoms with Gasteiger partial charge >= 0.3 is 0 Å². The molecule has 1 amide bonds. The summed E-state index contributed by atoms with van der Waals surface area (Å²) < 4.78 is 10.8. The molecule has 0 radical (unpaired) electrons. The number of alkyl halides is 1. The highest BCUT2D eigenvalue weighted by atomic mass is 35.5. The Balaban J connectivity index is 1.80. The zero-order chi connectivity index (χ0) is 23.6. The lowest BCUT2D eigenvalue weighted by Crippen LogP contribution is -2.36. The number of halogens is 1. The van der Waals surface area contributed by atoms with Gasteiger partial charge in [-0.15, -0.1) is 11.6 Å². The number of nitrogens with zero attached hydrogens (tertiary/aromatic N) is 1. The molecule has 3 aromatic rings. The highest BCUT2D eigenvalue weighted by Gasteiger charge is 2.24. The quantitative estimate of drug-likeness (QED) is 0.338. The SMILES string of the molecule is COc1ccc(CCN(C/C(C)=C/c2ccccc2)C(=O)C(Cl)c2ccccc2)cc1OC. The number of methoxy groups -OCH3 is 2. The summed E-state index contributed by atoms with van der Waals surface area (Å²) in [6, 6.07) is 25.4. The zero-order valence-corrected chi connectivity index (χ0v) is 20.1. The highest BCUT2D eigenvalue weighted by molar-refractivity contribution is 6.30. The first-order valence-corrected chi connectivity index (χ1v) is 11.4. The molecule has 3 aromatic carbocycles. The first-order valence-electron chi connectivity index (χ1n) is 10.9. The molecule has 0 aliphatic rings. The van der Waals surface area contributed by atoms with Gasteiger partial charge in [0, 0.05) is 13.1 Å². The molecule has 0 saturated carbocycles. The van der Waals surface area contributed by atoms with Gasteiger partial charge in [0.2, 0.25) is 5.91 Å². The van der Waals surface area contributed by atoms with Crippen LogP contribution in [-0.2, 0) is 11.2 Å². The summed E-state index contributed by atoms with van der Waals surface area (Å²) in [5.41, 5.74) is 4.04. The Morgan fingerprint density at radius 3 is 2.21 bits per heavy atom. The average molecular weight is 464 g/mol. The van der Waals surface area contributed by atoms with Gasteiger partial charge < -0.3 is 14.4 Å². The molecule has 0 fully saturated rings. The van der Waals surface area contributed by atoms with Gasteiger partial charge in [0.1, 0.15) is 5.38 Å². The van der Waals surface area contributed by atoms with E-state index in [0.717, 1.165) is 22.3 Å². The molecule has 3 rings (SSSR count). The van der Waals surface area contributed by atoms with Crippen LogP contribution in [0.2, 0.25) is 0 Å². The van der Waals surface area contributed by atoms with Crippen LogP contribution in [0.3, 0.4) is 0 Å². The molecule has 0 aliphatic heterocycles. The largest absolute Gasteiger partial charge is 0.493 e. The molecular weight excluding hydrogens is 434 g/mol. The van der Waals surface area contributed by atoms with Crippen LogP contribution in [0.25, 0.3) is 6.08 Å². The van der Waals surface area contributed by atoms with Crippen molar-refractivity contribution >= 4 is 23.6 Å². The maximum absolute atomic E-state index is 13.4. The summed E-state index contributed by atoms with van der Waals surface area (Å²) in [5, 5.41) is -0.735. The van der Waals surface area contributed by atoms with E-state index < -0.39 is 5.38 Å². The number of carbonyl (C=O) groups is 1. The second kappa shape index (κ2) is 12.1. The minimum Gasteiger partial charge on any atom is -0.493 e. The molecule has 0 saturated heterocycles. The number of hydrogen-bond donors (Lipinski definition) is 0. The Kier molecular flexibility index (Phi) is 8.96. The van der Waals surface area contributed by atoms with Gasteiger partial charge in [-0.3, -0.25) is 4.79 Å². The molecule has 4 nitrogen and oxygen atoms in total. The van der Waals surface area contributed by atoms with E-state index in [2.05, 4.69) is 6.08 Å². The number of benzene rings is 3. The fourth-order valence-corrected chi connectivity index (χ4v) is 3.96. The highest BCUT2D eigenvalue weighted by Crippen LogP contribution is 2.28. The van der Waals surface area contributed by atoms with Crippen LogP contribution in [0.1, 0.15) is 29.0 Å². The molecule has 1 atom stereocenters. The van der Waals surface area contributed by atoms with E-state index in [1.807, 2.05) is 90.7 Å². The van der Waals surface area contributed by atoms with Gasteiger partial charge in [-0.25, -0.2) is 0 Å². The van der Waals surface area contributed by atoms with E-state index in [1.165, 1.54) is 0 Å². The van der Waals surface area contributed by atoms with Crippen LogP contribution >= 0.6 is 11.6 Å². The first-order chi connectivity index (χ1) is 16.0. The van der Waals surface area contributed by atoms with E-state index in [0.29, 0.717) is 31.0 Å². The van der Waals surface area contributed by atoms with E-state index in [9.17, 15) is 4.79 Å². The third kappa shape index (κ3) is 6.87. The van der Waals surface area contributed by atoms with Crippen molar-refractivity contribution in [1.29, 1.82) is 0 Å². The zero-order valence-electron chi connectivity index (χ0n) is 19.3. The van der Waals surface area contributed by atoms with Crippen molar-refractivity contribution in [3.63, 3.8) is 0 Å². The predicted molar refractivity (Wildman–Crippen MR) is 135 cm³/mol. The summed E-state index contributed by atoms with van der Waals surface area (Å²) >= 11 is 6.62. The number of ether oxygens (including phenoxy) is 2. The summed E-state index contributed by atoms with van der Waals surface area (Å²) in [6.07, 6.45) is 2.77. The van der Waals surface area contributed by atoms with E-state index >= 15 is 0 Å². The Labute approximate surface area is 201 Å². The number of hydrogen-bond acceptors (Lipinski definition) is 3. The smallest absolute Gasteiger partial charge is 0.245 e. The normalized spacial score (nSPS) is 12.2. The third-order valence-corrected chi connectivity index (χ3v) is 5.83. The second-order valence-electron chi connectivity index (χ2n) is 7.87. The monoisotopic (exact) mass is 463 g/mol. The third-order valence-electron chi connectivity index (χ3n) is 5.39. The maximum atomic E-state index is 13.4. The lowest BCUT2D eigenvalue weighted by molar-refractivity contribution is -0.130. The van der Waals surface area contributed by atoms with E-state index in [1.54, 1.807) is 14.2 Å². The first kappa shape index (κ1) is 24.4. The van der Waals surface area contributed by atoms with Crippen molar-refractivity contribution < 1.29 is 14.3 Å². The molecule has 0 heterocycles. The number of rotatable bonds is 10. The lowest BCUT2D eigenvalue weighted by Gasteiger charge is -2.26. The van der Waals surface area contributed by atoms with Crippen LogP contribution in [0.15, 0.2) is 84.4 Å². The van der Waals surface area contributed by atoms with Crippen molar-refractivity contribution in [3.8, 4) is 11.5 Å². The van der Waals surface area contributed by atoms with Crippen molar-refractivity contribution in [2.45, 2.75) is 18.7 Å². The summed E-state index contributed by atoms with van der Waals surface area (Å²) in [7, 11) is 3.23. The molecule has 1 unspecified atom stereocenters. The Bertz CT molecular complexity index is 1070. The van der Waals surface area contributed by atoms with Gasteiger partial charge in [0.15, 0.2) is 11.5 Å². The number of carbonyl (C=O) groups excluding carboxylic acids is 1. The maximum Gasteiger partial charge on any atom is 0.245 e. The average Bonchev–Trinajstić information content (AvgIpc) is 2.86. The fourth-order valence-electron chi connectivity index (χ4n) is 3.67. The minimum atomic E-state index is -0.735. The Morgan fingerprint density at radius 2 is 1.58 bits per heavy atom. The second-order valence-corrected chi connectivity index (χ2v) is 8.31. The molecule has 0 bridgehead atoms. The summed E-state index contributed by atoms with van der Waals surface area (Å²) in [5.74, 6) is 1.25. The van der Waals surface area contributed by atoms with Crippen LogP contribution < -0.4 is 9.47 Å². The standard InChI is InChI=1S/C28H30ClNO3/c1-21(18-22-10-6-4-7-11-22)20-30(28(31)27(29)24-12-8-5-9-13-24)17-16-23-14-15-25(32-2)26(19-23)33-3/h4-15,18-19,27H,16-17,20H2,1-3H3/b21-18+. The van der Waals surface area contributed by atoms with Gasteiger partial charge in [-0.05, 0) is 42.2 Å². The summed E-state index contributed by atoms with van der Waals surface area (Å²) in [4.78, 5) is 15.2. The summed E-state index contributed by atoms with van der Waals surface area (Å²) in [6.45, 7) is 3.07. The van der Waals surface area contributed by atoms with Crippen molar-refractivity contribution in [3.05, 3.63) is 101 Å². The molecule has 5 heteroatoms. The molecule has 0 aromatic heterocycles. The van der Waals surface area contributed by atoms with Crippen LogP contribution in [0.4, 0.5) is 0 Å². The minimum absolute atomic E-state index is 0.107. The predicted octanol–water partition coefficient (Wildman–Crippen LogP) is 6.16. The van der Waals surface area contributed by atoms with Crippen molar-refractivity contribution in [2.75, 3.05) is 27.3 Å². The van der Waals surface area contributed by atoms with Crippen molar-refractivity contribution in [2.24, 2.45) is 0 Å². The topological polar surface area (TPSA) is 38.8 Å². The Morgan fingerprint density at radius 1 is 0.939 bits per heavy atom. The van der Waals surface area contributed by atoms with Crippen LogP contribution in [0.5, 0.6) is 11.5 Å². The lowest BCUT2D eigenvalue weighted by atomic mass is 10.1. The molecular formula is C28H30ClNO3. The van der Waals surface area contributed by atoms with Gasteiger partial charge in [0.05, 0.1) is 14.2 Å². The molecule has 0 aliphatic carbocycles. The van der Waals surface area contributed by atoms with Gasteiger partial charge in [0.25, 0.3) is 0 Å². The van der Waals surface area contributed by atoms with Gasteiger partial charge in [-0.2, -0.15) is 0 Å².